The summed E-state index contributed by atoms with van der Waals surface area (Å²) in [6.07, 6.45) is 3.98. The molecule has 0 spiro atoms. The van der Waals surface area contributed by atoms with Gasteiger partial charge in [0.25, 0.3) is 0 Å². The van der Waals surface area contributed by atoms with Crippen molar-refractivity contribution in [2.75, 3.05) is 18.1 Å². The molecule has 1 nitrogen and oxygen atoms in total. The molecular weight excluding hydrogens is 234 g/mol. The molecule has 0 saturated carbocycles. The Labute approximate surface area is 107 Å². The molecule has 0 aliphatic carbocycles. The number of nitrogens with one attached hydrogen (secondary N) is 1. The van der Waals surface area contributed by atoms with E-state index in [1.165, 1.54) is 42.9 Å². The van der Waals surface area contributed by atoms with Gasteiger partial charge in [-0.3, -0.25) is 0 Å². The molecule has 0 aromatic carbocycles. The third-order valence-corrected chi connectivity index (χ3v) is 5.00. The summed E-state index contributed by atoms with van der Waals surface area (Å²) >= 11 is 3.91. The number of thioether (sulfide) groups is 1. The van der Waals surface area contributed by atoms with E-state index in [2.05, 4.69) is 40.8 Å². The molecule has 1 N–H and O–H groups in total. The SMILES string of the molecule is CC(Cc1ccsc1)NCC1CCSCC1. The summed E-state index contributed by atoms with van der Waals surface area (Å²) in [4.78, 5) is 0. The molecule has 1 aliphatic rings. The Bertz CT molecular complexity index is 278. The number of rotatable bonds is 5. The Hall–Kier alpha value is 0.01000. The van der Waals surface area contributed by atoms with Crippen molar-refractivity contribution in [1.82, 2.24) is 5.32 Å². The van der Waals surface area contributed by atoms with Gasteiger partial charge < -0.3 is 5.32 Å². The molecule has 1 aromatic rings. The summed E-state index contributed by atoms with van der Waals surface area (Å²) in [5.41, 5.74) is 1.48. The average molecular weight is 255 g/mol. The molecule has 1 saturated heterocycles. The number of hydrogen-bond acceptors (Lipinski definition) is 3. The second kappa shape index (κ2) is 6.67. The molecule has 3 heteroatoms. The van der Waals surface area contributed by atoms with E-state index in [9.17, 15) is 0 Å². The third kappa shape index (κ3) is 4.11. The van der Waals surface area contributed by atoms with Gasteiger partial charge in [-0.15, -0.1) is 0 Å². The summed E-state index contributed by atoms with van der Waals surface area (Å²) in [5.74, 6) is 3.66. The van der Waals surface area contributed by atoms with Crippen LogP contribution in [0, 0.1) is 5.92 Å². The molecule has 0 bridgehead atoms. The molecule has 0 radical (unpaired) electrons. The molecule has 1 aromatic heterocycles. The smallest absolute Gasteiger partial charge is 0.00795 e. The van der Waals surface area contributed by atoms with Crippen molar-refractivity contribution in [3.05, 3.63) is 22.4 Å². The van der Waals surface area contributed by atoms with Crippen LogP contribution in [-0.4, -0.2) is 24.1 Å². The van der Waals surface area contributed by atoms with Crippen LogP contribution in [0.25, 0.3) is 0 Å². The van der Waals surface area contributed by atoms with Crippen molar-refractivity contribution in [3.8, 4) is 0 Å². The van der Waals surface area contributed by atoms with Crippen molar-refractivity contribution >= 4 is 23.1 Å². The minimum atomic E-state index is 0.615. The largest absolute Gasteiger partial charge is 0.314 e. The Balaban J connectivity index is 1.65. The van der Waals surface area contributed by atoms with Gasteiger partial charge in [0, 0.05) is 6.04 Å². The minimum Gasteiger partial charge on any atom is -0.314 e. The maximum absolute atomic E-state index is 3.69. The lowest BCUT2D eigenvalue weighted by Crippen LogP contribution is -2.33. The zero-order valence-electron chi connectivity index (χ0n) is 9.95. The second-order valence-electron chi connectivity index (χ2n) is 4.70. The van der Waals surface area contributed by atoms with Crippen LogP contribution in [0.4, 0.5) is 0 Å². The van der Waals surface area contributed by atoms with Gasteiger partial charge in [0.05, 0.1) is 0 Å². The number of thiophene rings is 1. The zero-order chi connectivity index (χ0) is 11.2. The fourth-order valence-corrected chi connectivity index (χ4v) is 4.04. The highest BCUT2D eigenvalue weighted by Gasteiger charge is 2.14. The Morgan fingerprint density at radius 2 is 2.25 bits per heavy atom. The van der Waals surface area contributed by atoms with Crippen LogP contribution >= 0.6 is 23.1 Å². The van der Waals surface area contributed by atoms with Gasteiger partial charge >= 0.3 is 0 Å². The first-order valence-corrected chi connectivity index (χ1v) is 8.26. The van der Waals surface area contributed by atoms with Crippen molar-refractivity contribution in [1.29, 1.82) is 0 Å². The summed E-state index contributed by atoms with van der Waals surface area (Å²) in [6.45, 7) is 3.51. The van der Waals surface area contributed by atoms with Crippen LogP contribution in [0.1, 0.15) is 25.3 Å². The first kappa shape index (κ1) is 12.5. The molecule has 2 rings (SSSR count). The van der Waals surface area contributed by atoms with Gasteiger partial charge in [-0.05, 0) is 72.5 Å². The van der Waals surface area contributed by atoms with E-state index < -0.39 is 0 Å². The van der Waals surface area contributed by atoms with Crippen molar-refractivity contribution in [3.63, 3.8) is 0 Å². The first-order valence-electron chi connectivity index (χ1n) is 6.17. The monoisotopic (exact) mass is 255 g/mol. The molecule has 2 heterocycles. The Kier molecular flexibility index (Phi) is 5.20. The van der Waals surface area contributed by atoms with Crippen LogP contribution in [0.2, 0.25) is 0 Å². The predicted molar refractivity (Wildman–Crippen MR) is 75.5 cm³/mol. The van der Waals surface area contributed by atoms with Crippen molar-refractivity contribution in [2.45, 2.75) is 32.2 Å². The summed E-state index contributed by atoms with van der Waals surface area (Å²) < 4.78 is 0. The molecule has 0 amide bonds. The molecular formula is C13H21NS2. The lowest BCUT2D eigenvalue weighted by atomic mass is 10.0. The molecule has 16 heavy (non-hydrogen) atoms. The molecule has 1 aliphatic heterocycles. The van der Waals surface area contributed by atoms with Gasteiger partial charge in [-0.25, -0.2) is 0 Å². The molecule has 1 atom stereocenters. The molecule has 90 valence electrons. The summed E-state index contributed by atoms with van der Waals surface area (Å²) in [7, 11) is 0. The van der Waals surface area contributed by atoms with Gasteiger partial charge in [-0.2, -0.15) is 23.1 Å². The van der Waals surface area contributed by atoms with Crippen molar-refractivity contribution in [2.24, 2.45) is 5.92 Å². The molecule has 1 unspecified atom stereocenters. The quantitative estimate of drug-likeness (QED) is 0.865. The lowest BCUT2D eigenvalue weighted by molar-refractivity contribution is 0.415. The average Bonchev–Trinajstić information content (AvgIpc) is 2.81. The van der Waals surface area contributed by atoms with Crippen LogP contribution in [0.5, 0.6) is 0 Å². The standard InChI is InChI=1S/C13H21NS2/c1-11(8-13-4-7-16-10-13)14-9-12-2-5-15-6-3-12/h4,7,10-12,14H,2-3,5-6,8-9H2,1H3. The Morgan fingerprint density at radius 3 is 2.94 bits per heavy atom. The maximum atomic E-state index is 3.69. The van der Waals surface area contributed by atoms with Crippen molar-refractivity contribution < 1.29 is 0 Å². The summed E-state index contributed by atoms with van der Waals surface area (Å²) in [5, 5.41) is 8.11. The fourth-order valence-electron chi connectivity index (χ4n) is 2.15. The highest BCUT2D eigenvalue weighted by molar-refractivity contribution is 7.99. The van der Waals surface area contributed by atoms with E-state index >= 15 is 0 Å². The van der Waals surface area contributed by atoms with E-state index in [4.69, 9.17) is 0 Å². The van der Waals surface area contributed by atoms with Gasteiger partial charge in [0.2, 0.25) is 0 Å². The van der Waals surface area contributed by atoms with Crippen LogP contribution in [0.3, 0.4) is 0 Å². The van der Waals surface area contributed by atoms with E-state index in [1.807, 2.05) is 0 Å². The second-order valence-corrected chi connectivity index (χ2v) is 6.71. The maximum Gasteiger partial charge on any atom is 0.00795 e. The van der Waals surface area contributed by atoms with Gasteiger partial charge in [0.15, 0.2) is 0 Å². The topological polar surface area (TPSA) is 12.0 Å². The lowest BCUT2D eigenvalue weighted by Gasteiger charge is -2.23. The molecule has 1 fully saturated rings. The minimum absolute atomic E-state index is 0.615. The number of hydrogen-bond donors (Lipinski definition) is 1. The van der Waals surface area contributed by atoms with E-state index in [0.717, 1.165) is 5.92 Å². The summed E-state index contributed by atoms with van der Waals surface area (Å²) in [6, 6.07) is 2.85. The third-order valence-electron chi connectivity index (χ3n) is 3.22. The Morgan fingerprint density at radius 1 is 1.44 bits per heavy atom. The van der Waals surface area contributed by atoms with Crippen LogP contribution in [0.15, 0.2) is 16.8 Å². The predicted octanol–water partition coefficient (Wildman–Crippen LogP) is 3.41. The highest BCUT2D eigenvalue weighted by atomic mass is 32.2. The van der Waals surface area contributed by atoms with Gasteiger partial charge in [0.1, 0.15) is 0 Å². The van der Waals surface area contributed by atoms with E-state index in [1.54, 1.807) is 11.3 Å². The zero-order valence-corrected chi connectivity index (χ0v) is 11.6. The normalized spacial score (nSPS) is 19.8. The highest BCUT2D eigenvalue weighted by Crippen LogP contribution is 2.22. The van der Waals surface area contributed by atoms with E-state index in [-0.39, 0.29) is 0 Å². The van der Waals surface area contributed by atoms with E-state index in [0.29, 0.717) is 6.04 Å². The first-order chi connectivity index (χ1) is 7.84. The van der Waals surface area contributed by atoms with Crippen LogP contribution in [-0.2, 0) is 6.42 Å². The van der Waals surface area contributed by atoms with Gasteiger partial charge in [-0.1, -0.05) is 0 Å². The fraction of sp³-hybridized carbons (Fsp3) is 0.692. The van der Waals surface area contributed by atoms with Crippen LogP contribution < -0.4 is 5.32 Å².